The van der Waals surface area contributed by atoms with Crippen LogP contribution in [0, 0.1) is 0 Å². The summed E-state index contributed by atoms with van der Waals surface area (Å²) in [4.78, 5) is 17.9. The minimum absolute atomic E-state index is 0.116. The highest BCUT2D eigenvalue weighted by Crippen LogP contribution is 2.30. The number of pyridine rings is 1. The Bertz CT molecular complexity index is 1040. The number of ether oxygens (including phenoxy) is 2. The van der Waals surface area contributed by atoms with E-state index >= 15 is 0 Å². The van der Waals surface area contributed by atoms with E-state index in [1.54, 1.807) is 41.3 Å². The molecular formula is C22H17F3N2O3. The van der Waals surface area contributed by atoms with Crippen LogP contribution in [0.15, 0.2) is 72.8 Å². The van der Waals surface area contributed by atoms with Crippen molar-refractivity contribution in [2.45, 2.75) is 12.3 Å². The number of halogens is 3. The lowest BCUT2D eigenvalue weighted by atomic mass is 10.1. The maximum absolute atomic E-state index is 12.8. The number of amides is 1. The van der Waals surface area contributed by atoms with E-state index in [-0.39, 0.29) is 24.9 Å². The molecule has 5 nitrogen and oxygen atoms in total. The van der Waals surface area contributed by atoms with Gasteiger partial charge in [-0.1, -0.05) is 36.4 Å². The Morgan fingerprint density at radius 3 is 2.37 bits per heavy atom. The van der Waals surface area contributed by atoms with Crippen LogP contribution in [0.25, 0.3) is 0 Å². The Kier molecular flexibility index (Phi) is 5.31. The molecule has 8 heteroatoms. The fraction of sp³-hybridized carbons (Fsp3) is 0.182. The predicted molar refractivity (Wildman–Crippen MR) is 103 cm³/mol. The normalized spacial score (nSPS) is 14.2. The molecule has 0 saturated carbocycles. The largest absolute Gasteiger partial charge is 0.471 e. The molecule has 1 aliphatic heterocycles. The summed E-state index contributed by atoms with van der Waals surface area (Å²) >= 11 is 0. The molecular weight excluding hydrogens is 397 g/mol. The highest BCUT2D eigenvalue weighted by atomic mass is 19.4. The van der Waals surface area contributed by atoms with E-state index < -0.39 is 18.0 Å². The number of aromatic nitrogens is 1. The van der Waals surface area contributed by atoms with Crippen molar-refractivity contribution in [2.24, 2.45) is 0 Å². The van der Waals surface area contributed by atoms with E-state index in [4.69, 9.17) is 9.47 Å². The average molecular weight is 414 g/mol. The van der Waals surface area contributed by atoms with Gasteiger partial charge >= 0.3 is 6.18 Å². The van der Waals surface area contributed by atoms with Crippen LogP contribution in [0.5, 0.6) is 17.4 Å². The molecule has 1 amide bonds. The standard InChI is InChI=1S/C22H17F3N2O3/c23-22(24,25)19-11-6-12-20(26-19)30-16-13-27(14-16)21(28)17-9-4-5-10-18(17)29-15-7-2-1-3-8-15/h1-12,16H,13-14H2. The molecule has 0 N–H and O–H groups in total. The third-order valence-electron chi connectivity index (χ3n) is 4.53. The summed E-state index contributed by atoms with van der Waals surface area (Å²) in [6.07, 6.45) is -4.96. The van der Waals surface area contributed by atoms with Crippen LogP contribution < -0.4 is 9.47 Å². The smallest absolute Gasteiger partial charge is 0.433 e. The molecule has 1 saturated heterocycles. The number of alkyl halides is 3. The Morgan fingerprint density at radius 1 is 0.933 bits per heavy atom. The topological polar surface area (TPSA) is 51.7 Å². The van der Waals surface area contributed by atoms with E-state index in [0.717, 1.165) is 6.07 Å². The number of rotatable bonds is 5. The van der Waals surface area contributed by atoms with Crippen LogP contribution in [0.2, 0.25) is 0 Å². The fourth-order valence-electron chi connectivity index (χ4n) is 3.01. The summed E-state index contributed by atoms with van der Waals surface area (Å²) in [7, 11) is 0. The zero-order valence-corrected chi connectivity index (χ0v) is 15.7. The maximum Gasteiger partial charge on any atom is 0.433 e. The van der Waals surface area contributed by atoms with Gasteiger partial charge in [0, 0.05) is 6.07 Å². The Balaban J connectivity index is 1.39. The second-order valence-corrected chi connectivity index (χ2v) is 6.72. The van der Waals surface area contributed by atoms with Gasteiger partial charge in [-0.2, -0.15) is 13.2 Å². The van der Waals surface area contributed by atoms with Crippen molar-refractivity contribution in [2.75, 3.05) is 13.1 Å². The average Bonchev–Trinajstić information content (AvgIpc) is 2.71. The van der Waals surface area contributed by atoms with Crippen LogP contribution in [-0.4, -0.2) is 35.0 Å². The molecule has 0 bridgehead atoms. The van der Waals surface area contributed by atoms with Crippen molar-refractivity contribution >= 4 is 5.91 Å². The van der Waals surface area contributed by atoms with E-state index in [1.807, 2.05) is 18.2 Å². The van der Waals surface area contributed by atoms with Crippen molar-refractivity contribution in [1.29, 1.82) is 0 Å². The predicted octanol–water partition coefficient (Wildman–Crippen LogP) is 4.80. The van der Waals surface area contributed by atoms with Gasteiger partial charge in [0.25, 0.3) is 5.91 Å². The Morgan fingerprint density at radius 2 is 1.63 bits per heavy atom. The van der Waals surface area contributed by atoms with E-state index in [0.29, 0.717) is 17.1 Å². The lowest BCUT2D eigenvalue weighted by Crippen LogP contribution is -2.56. The number of carbonyl (C=O) groups excluding carboxylic acids is 1. The van der Waals surface area contributed by atoms with Crippen LogP contribution in [0.4, 0.5) is 13.2 Å². The first-order chi connectivity index (χ1) is 14.4. The molecule has 0 aliphatic carbocycles. The third-order valence-corrected chi connectivity index (χ3v) is 4.53. The molecule has 1 aliphatic rings. The zero-order chi connectivity index (χ0) is 21.1. The van der Waals surface area contributed by atoms with E-state index in [1.165, 1.54) is 12.1 Å². The van der Waals surface area contributed by atoms with Crippen LogP contribution >= 0.6 is 0 Å². The number of carbonyl (C=O) groups is 1. The number of likely N-dealkylation sites (tertiary alicyclic amines) is 1. The molecule has 0 unspecified atom stereocenters. The van der Waals surface area contributed by atoms with Crippen LogP contribution in [0.1, 0.15) is 16.1 Å². The van der Waals surface area contributed by atoms with Gasteiger partial charge in [-0.05, 0) is 30.3 Å². The number of hydrogen-bond donors (Lipinski definition) is 0. The molecule has 4 rings (SSSR count). The van der Waals surface area contributed by atoms with Crippen molar-refractivity contribution < 1.29 is 27.4 Å². The highest BCUT2D eigenvalue weighted by Gasteiger charge is 2.36. The SMILES string of the molecule is O=C(c1ccccc1Oc1ccccc1)N1CC(Oc2cccc(C(F)(F)F)n2)C1. The molecule has 2 aromatic carbocycles. The van der Waals surface area contributed by atoms with Crippen molar-refractivity contribution in [3.63, 3.8) is 0 Å². The monoisotopic (exact) mass is 414 g/mol. The van der Waals surface area contributed by atoms with Gasteiger partial charge < -0.3 is 14.4 Å². The summed E-state index contributed by atoms with van der Waals surface area (Å²) < 4.78 is 49.6. The van der Waals surface area contributed by atoms with Gasteiger partial charge in [-0.15, -0.1) is 0 Å². The van der Waals surface area contributed by atoms with Gasteiger partial charge in [0.1, 0.15) is 23.3 Å². The van der Waals surface area contributed by atoms with Crippen molar-refractivity contribution in [3.8, 4) is 17.4 Å². The fourth-order valence-corrected chi connectivity index (χ4v) is 3.01. The zero-order valence-electron chi connectivity index (χ0n) is 15.7. The molecule has 2 heterocycles. The van der Waals surface area contributed by atoms with E-state index in [2.05, 4.69) is 4.98 Å². The quantitative estimate of drug-likeness (QED) is 0.602. The minimum Gasteiger partial charge on any atom is -0.471 e. The first kappa shape index (κ1) is 19.8. The Labute approximate surface area is 170 Å². The van der Waals surface area contributed by atoms with Gasteiger partial charge in [0.2, 0.25) is 5.88 Å². The van der Waals surface area contributed by atoms with Crippen molar-refractivity contribution in [1.82, 2.24) is 9.88 Å². The van der Waals surface area contributed by atoms with Gasteiger partial charge in [-0.3, -0.25) is 4.79 Å². The minimum atomic E-state index is -4.54. The van der Waals surface area contributed by atoms with E-state index in [9.17, 15) is 18.0 Å². The number of nitrogens with zero attached hydrogens (tertiary/aromatic N) is 2. The molecule has 154 valence electrons. The van der Waals surface area contributed by atoms with Gasteiger partial charge in [0.05, 0.1) is 18.7 Å². The molecule has 0 atom stereocenters. The van der Waals surface area contributed by atoms with Crippen molar-refractivity contribution in [3.05, 3.63) is 84.1 Å². The maximum atomic E-state index is 12.8. The van der Waals surface area contributed by atoms with Crippen LogP contribution in [-0.2, 0) is 6.18 Å². The summed E-state index contributed by atoms with van der Waals surface area (Å²) in [5.74, 6) is 0.684. The number of benzene rings is 2. The molecule has 0 radical (unpaired) electrons. The Hall–Kier alpha value is -3.55. The summed E-state index contributed by atoms with van der Waals surface area (Å²) in [6, 6.07) is 19.5. The second-order valence-electron chi connectivity index (χ2n) is 6.72. The summed E-state index contributed by atoms with van der Waals surface area (Å²) in [5.41, 5.74) is -0.615. The lowest BCUT2D eigenvalue weighted by molar-refractivity contribution is -0.141. The first-order valence-corrected chi connectivity index (χ1v) is 9.22. The molecule has 3 aromatic rings. The molecule has 1 fully saturated rings. The van der Waals surface area contributed by atoms with Gasteiger partial charge in [0.15, 0.2) is 0 Å². The molecule has 1 aromatic heterocycles. The summed E-state index contributed by atoms with van der Waals surface area (Å²) in [5, 5.41) is 0. The summed E-state index contributed by atoms with van der Waals surface area (Å²) in [6.45, 7) is 0.493. The van der Waals surface area contributed by atoms with Gasteiger partial charge in [-0.25, -0.2) is 4.98 Å². The lowest BCUT2D eigenvalue weighted by Gasteiger charge is -2.38. The molecule has 30 heavy (non-hydrogen) atoms. The molecule has 0 spiro atoms. The number of hydrogen-bond acceptors (Lipinski definition) is 4. The second kappa shape index (κ2) is 8.06. The van der Waals surface area contributed by atoms with Crippen LogP contribution in [0.3, 0.4) is 0 Å². The number of para-hydroxylation sites is 2. The highest BCUT2D eigenvalue weighted by molar-refractivity contribution is 5.97. The third kappa shape index (κ3) is 4.37. The first-order valence-electron chi connectivity index (χ1n) is 9.22.